The number of rotatable bonds is 5. The van der Waals surface area contributed by atoms with Crippen molar-refractivity contribution >= 4 is 23.5 Å². The normalized spacial score (nSPS) is 13.1. The Labute approximate surface area is 144 Å². The van der Waals surface area contributed by atoms with Gasteiger partial charge in [-0.15, -0.1) is 0 Å². The number of carbonyl (C=O) groups is 3. The first-order valence-electron chi connectivity index (χ1n) is 7.98. The summed E-state index contributed by atoms with van der Waals surface area (Å²) >= 11 is 0. The van der Waals surface area contributed by atoms with Crippen LogP contribution in [0.15, 0.2) is 42.5 Å². The first-order chi connectivity index (χ1) is 12.0. The zero-order valence-electron chi connectivity index (χ0n) is 13.7. The Morgan fingerprint density at radius 1 is 1.08 bits per heavy atom. The van der Waals surface area contributed by atoms with Gasteiger partial charge in [-0.25, -0.2) is 4.90 Å². The van der Waals surface area contributed by atoms with Crippen LogP contribution in [0.4, 0.5) is 5.69 Å². The van der Waals surface area contributed by atoms with E-state index in [9.17, 15) is 19.5 Å². The highest BCUT2D eigenvalue weighted by atomic mass is 16.5. The lowest BCUT2D eigenvalue weighted by Gasteiger charge is -2.15. The highest BCUT2D eigenvalue weighted by molar-refractivity contribution is 6.34. The zero-order valence-corrected chi connectivity index (χ0v) is 13.7. The van der Waals surface area contributed by atoms with E-state index in [-0.39, 0.29) is 29.5 Å². The highest BCUT2D eigenvalue weighted by Crippen LogP contribution is 2.31. The molecule has 0 aromatic heterocycles. The molecule has 1 aliphatic rings. The molecular formula is C19H17NO5. The van der Waals surface area contributed by atoms with E-state index in [1.807, 2.05) is 6.92 Å². The Balaban J connectivity index is 1.91. The van der Waals surface area contributed by atoms with Crippen molar-refractivity contribution in [3.8, 4) is 5.75 Å². The molecule has 0 fully saturated rings. The minimum absolute atomic E-state index is 0.211. The Morgan fingerprint density at radius 3 is 2.56 bits per heavy atom. The predicted molar refractivity (Wildman–Crippen MR) is 90.5 cm³/mol. The molecule has 6 nitrogen and oxygen atoms in total. The second-order valence-corrected chi connectivity index (χ2v) is 5.71. The number of amides is 2. The number of hydrogen-bond acceptors (Lipinski definition) is 5. The molecule has 0 bridgehead atoms. The number of anilines is 1. The minimum atomic E-state index is -0.465. The summed E-state index contributed by atoms with van der Waals surface area (Å²) in [6.45, 7) is 1.66. The van der Waals surface area contributed by atoms with E-state index in [1.165, 1.54) is 18.2 Å². The Morgan fingerprint density at radius 2 is 1.84 bits per heavy atom. The molecule has 25 heavy (non-hydrogen) atoms. The second kappa shape index (κ2) is 6.86. The topological polar surface area (TPSA) is 83.9 Å². The molecule has 0 atom stereocenters. The number of esters is 1. The van der Waals surface area contributed by atoms with Gasteiger partial charge in [-0.1, -0.05) is 19.1 Å². The van der Waals surface area contributed by atoms with E-state index in [0.29, 0.717) is 24.1 Å². The van der Waals surface area contributed by atoms with E-state index in [0.717, 1.165) is 4.90 Å². The molecule has 2 aromatic carbocycles. The van der Waals surface area contributed by atoms with E-state index in [2.05, 4.69) is 0 Å². The van der Waals surface area contributed by atoms with Gasteiger partial charge in [0.25, 0.3) is 11.8 Å². The first-order valence-corrected chi connectivity index (χ1v) is 7.98. The summed E-state index contributed by atoms with van der Waals surface area (Å²) in [6, 6.07) is 11.0. The minimum Gasteiger partial charge on any atom is -0.426 e. The van der Waals surface area contributed by atoms with Crippen LogP contribution < -0.4 is 9.64 Å². The van der Waals surface area contributed by atoms with Crippen LogP contribution in [0, 0.1) is 0 Å². The predicted octanol–water partition coefficient (Wildman–Crippen LogP) is 2.69. The number of benzene rings is 2. The van der Waals surface area contributed by atoms with Crippen LogP contribution in [0.5, 0.6) is 5.75 Å². The average Bonchev–Trinajstić information content (AvgIpc) is 2.85. The fraction of sp³-hybridized carbons (Fsp3) is 0.211. The standard InChI is InChI=1S/C19H17NO5/c1-2-4-17(22)25-14-6-3-5-13(10-14)20-18(23)15-8-7-12(11-21)9-16(15)19(20)24/h3,5-10,21H,2,4,11H2,1H3. The summed E-state index contributed by atoms with van der Waals surface area (Å²) in [5.41, 5.74) is 1.43. The third-order valence-electron chi connectivity index (χ3n) is 3.90. The summed E-state index contributed by atoms with van der Waals surface area (Å²) in [4.78, 5) is 37.9. The molecule has 2 amide bonds. The van der Waals surface area contributed by atoms with Crippen LogP contribution in [0.1, 0.15) is 46.0 Å². The molecule has 6 heteroatoms. The highest BCUT2D eigenvalue weighted by Gasteiger charge is 2.36. The molecule has 0 radical (unpaired) electrons. The van der Waals surface area contributed by atoms with Crippen molar-refractivity contribution in [3.05, 3.63) is 59.2 Å². The van der Waals surface area contributed by atoms with E-state index in [1.54, 1.807) is 24.3 Å². The van der Waals surface area contributed by atoms with Crippen molar-refractivity contribution in [2.45, 2.75) is 26.4 Å². The molecule has 0 unspecified atom stereocenters. The number of ether oxygens (including phenoxy) is 1. The van der Waals surface area contributed by atoms with Crippen molar-refractivity contribution in [2.24, 2.45) is 0 Å². The lowest BCUT2D eigenvalue weighted by molar-refractivity contribution is -0.134. The molecule has 1 N–H and O–H groups in total. The quantitative estimate of drug-likeness (QED) is 0.514. The SMILES string of the molecule is CCCC(=O)Oc1cccc(N2C(=O)c3ccc(CO)cc3C2=O)c1. The maximum absolute atomic E-state index is 12.6. The fourth-order valence-corrected chi connectivity index (χ4v) is 2.69. The van der Waals surface area contributed by atoms with Gasteiger partial charge < -0.3 is 9.84 Å². The summed E-state index contributed by atoms with van der Waals surface area (Å²) in [5.74, 6) is -0.994. The van der Waals surface area contributed by atoms with Gasteiger partial charge in [0.05, 0.1) is 23.4 Å². The lowest BCUT2D eigenvalue weighted by Crippen LogP contribution is -2.29. The Kier molecular flexibility index (Phi) is 4.63. The second-order valence-electron chi connectivity index (χ2n) is 5.71. The van der Waals surface area contributed by atoms with Gasteiger partial charge in [0.2, 0.25) is 0 Å². The number of carbonyl (C=O) groups excluding carboxylic acids is 3. The van der Waals surface area contributed by atoms with Crippen LogP contribution in [-0.2, 0) is 11.4 Å². The molecule has 2 aromatic rings. The molecule has 0 saturated heterocycles. The van der Waals surface area contributed by atoms with Gasteiger partial charge in [-0.3, -0.25) is 14.4 Å². The van der Waals surface area contributed by atoms with Crippen molar-refractivity contribution < 1.29 is 24.2 Å². The molecule has 3 rings (SSSR count). The van der Waals surface area contributed by atoms with Gasteiger partial charge in [0.15, 0.2) is 0 Å². The molecule has 0 aliphatic carbocycles. The number of aliphatic hydroxyl groups is 1. The van der Waals surface area contributed by atoms with Gasteiger partial charge in [0, 0.05) is 12.5 Å². The Bertz CT molecular complexity index is 859. The van der Waals surface area contributed by atoms with E-state index < -0.39 is 11.8 Å². The molecule has 1 aliphatic heterocycles. The van der Waals surface area contributed by atoms with Crippen molar-refractivity contribution in [1.82, 2.24) is 0 Å². The van der Waals surface area contributed by atoms with Crippen LogP contribution in [0.25, 0.3) is 0 Å². The fourth-order valence-electron chi connectivity index (χ4n) is 2.69. The average molecular weight is 339 g/mol. The van der Waals surface area contributed by atoms with Crippen LogP contribution >= 0.6 is 0 Å². The number of aliphatic hydroxyl groups excluding tert-OH is 1. The van der Waals surface area contributed by atoms with Gasteiger partial charge in [-0.2, -0.15) is 0 Å². The van der Waals surface area contributed by atoms with Gasteiger partial charge in [0.1, 0.15) is 5.75 Å². The van der Waals surface area contributed by atoms with Crippen LogP contribution in [-0.4, -0.2) is 22.9 Å². The number of fused-ring (bicyclic) bond motifs is 1. The van der Waals surface area contributed by atoms with Crippen molar-refractivity contribution in [2.75, 3.05) is 4.90 Å². The zero-order chi connectivity index (χ0) is 18.0. The number of nitrogens with zero attached hydrogens (tertiary/aromatic N) is 1. The van der Waals surface area contributed by atoms with E-state index in [4.69, 9.17) is 4.74 Å². The molecule has 128 valence electrons. The van der Waals surface area contributed by atoms with E-state index >= 15 is 0 Å². The van der Waals surface area contributed by atoms with Crippen LogP contribution in [0.3, 0.4) is 0 Å². The maximum Gasteiger partial charge on any atom is 0.311 e. The van der Waals surface area contributed by atoms with Crippen LogP contribution in [0.2, 0.25) is 0 Å². The maximum atomic E-state index is 12.6. The molecule has 0 saturated carbocycles. The molecular weight excluding hydrogens is 322 g/mol. The number of hydrogen-bond donors (Lipinski definition) is 1. The summed E-state index contributed by atoms with van der Waals surface area (Å²) < 4.78 is 5.22. The third-order valence-corrected chi connectivity index (χ3v) is 3.90. The Hall–Kier alpha value is -2.99. The van der Waals surface area contributed by atoms with Gasteiger partial charge in [-0.05, 0) is 36.2 Å². The largest absolute Gasteiger partial charge is 0.426 e. The smallest absolute Gasteiger partial charge is 0.311 e. The van der Waals surface area contributed by atoms with Crippen molar-refractivity contribution in [1.29, 1.82) is 0 Å². The summed E-state index contributed by atoms with van der Waals surface area (Å²) in [5, 5.41) is 9.21. The monoisotopic (exact) mass is 339 g/mol. The molecule has 0 spiro atoms. The lowest BCUT2D eigenvalue weighted by atomic mass is 10.1. The van der Waals surface area contributed by atoms with Crippen molar-refractivity contribution in [3.63, 3.8) is 0 Å². The third kappa shape index (κ3) is 3.16. The summed E-state index contributed by atoms with van der Waals surface area (Å²) in [7, 11) is 0. The summed E-state index contributed by atoms with van der Waals surface area (Å²) in [6.07, 6.45) is 0.964. The molecule has 1 heterocycles. The first kappa shape index (κ1) is 16.9. The van der Waals surface area contributed by atoms with Gasteiger partial charge >= 0.3 is 5.97 Å². The number of imide groups is 1.